The van der Waals surface area contributed by atoms with Gasteiger partial charge in [-0.15, -0.1) is 0 Å². The maximum absolute atomic E-state index is 12.8. The minimum Gasteiger partial charge on any atom is -0.504 e. The van der Waals surface area contributed by atoms with Gasteiger partial charge in [-0.1, -0.05) is 5.16 Å². The summed E-state index contributed by atoms with van der Waals surface area (Å²) >= 11 is 0. The molecule has 0 fully saturated rings. The van der Waals surface area contributed by atoms with Crippen LogP contribution in [-0.2, 0) is 12.7 Å². The van der Waals surface area contributed by atoms with Crippen molar-refractivity contribution in [3.8, 4) is 22.9 Å². The van der Waals surface area contributed by atoms with E-state index in [1.165, 1.54) is 6.07 Å². The molecule has 108 valence electrons. The van der Waals surface area contributed by atoms with Crippen molar-refractivity contribution >= 4 is 0 Å². The SMILES string of the molecule is COc1cc(-c2noc(CN)n2)cc(C(F)(F)F)c1O. The molecule has 1 heterocycles. The number of hydrogen-bond acceptors (Lipinski definition) is 6. The van der Waals surface area contributed by atoms with Crippen molar-refractivity contribution in [2.45, 2.75) is 12.7 Å². The van der Waals surface area contributed by atoms with Crippen LogP contribution in [0.5, 0.6) is 11.5 Å². The lowest BCUT2D eigenvalue weighted by Crippen LogP contribution is -2.06. The Kier molecular flexibility index (Phi) is 3.53. The zero-order valence-corrected chi connectivity index (χ0v) is 10.2. The van der Waals surface area contributed by atoms with Crippen molar-refractivity contribution < 1.29 is 27.5 Å². The van der Waals surface area contributed by atoms with Crippen LogP contribution in [0.15, 0.2) is 16.7 Å². The van der Waals surface area contributed by atoms with Gasteiger partial charge in [0.1, 0.15) is 5.56 Å². The van der Waals surface area contributed by atoms with E-state index in [9.17, 15) is 18.3 Å². The number of alkyl halides is 3. The van der Waals surface area contributed by atoms with Gasteiger partial charge in [-0.05, 0) is 12.1 Å². The summed E-state index contributed by atoms with van der Waals surface area (Å²) in [6.45, 7) is -0.0334. The van der Waals surface area contributed by atoms with Gasteiger partial charge < -0.3 is 20.1 Å². The molecule has 0 bridgehead atoms. The van der Waals surface area contributed by atoms with Gasteiger partial charge >= 0.3 is 6.18 Å². The van der Waals surface area contributed by atoms with Gasteiger partial charge in [0.05, 0.1) is 13.7 Å². The first-order valence-electron chi connectivity index (χ1n) is 5.38. The molecule has 0 radical (unpaired) electrons. The van der Waals surface area contributed by atoms with Crippen LogP contribution in [0, 0.1) is 0 Å². The van der Waals surface area contributed by atoms with E-state index in [1.807, 2.05) is 0 Å². The highest BCUT2D eigenvalue weighted by molar-refractivity contribution is 5.64. The highest BCUT2D eigenvalue weighted by Crippen LogP contribution is 2.43. The van der Waals surface area contributed by atoms with Gasteiger partial charge in [-0.25, -0.2) is 0 Å². The number of nitrogens with two attached hydrogens (primary N) is 1. The first-order chi connectivity index (χ1) is 9.36. The summed E-state index contributed by atoms with van der Waals surface area (Å²) < 4.78 is 47.9. The van der Waals surface area contributed by atoms with Crippen LogP contribution in [0.2, 0.25) is 0 Å². The Hall–Kier alpha value is -2.29. The Balaban J connectivity index is 2.59. The van der Waals surface area contributed by atoms with Gasteiger partial charge in [0.2, 0.25) is 11.7 Å². The molecule has 0 amide bonds. The lowest BCUT2D eigenvalue weighted by molar-refractivity contribution is -0.138. The van der Waals surface area contributed by atoms with Crippen LogP contribution in [0.3, 0.4) is 0 Å². The van der Waals surface area contributed by atoms with Crippen molar-refractivity contribution in [1.29, 1.82) is 0 Å². The fraction of sp³-hybridized carbons (Fsp3) is 0.273. The molecule has 2 rings (SSSR count). The number of nitrogens with zero attached hydrogens (tertiary/aromatic N) is 2. The highest BCUT2D eigenvalue weighted by Gasteiger charge is 2.36. The minimum atomic E-state index is -4.74. The molecule has 0 unspecified atom stereocenters. The lowest BCUT2D eigenvalue weighted by Gasteiger charge is -2.13. The standard InChI is InChI=1S/C11H10F3N3O3/c1-19-7-3-5(10-16-8(4-15)20-17-10)2-6(9(7)18)11(12,13)14/h2-3,18H,4,15H2,1H3. The van der Waals surface area contributed by atoms with Crippen LogP contribution >= 0.6 is 0 Å². The molecule has 0 atom stereocenters. The van der Waals surface area contributed by atoms with E-state index in [2.05, 4.69) is 10.1 Å². The van der Waals surface area contributed by atoms with E-state index >= 15 is 0 Å². The number of methoxy groups -OCH3 is 1. The van der Waals surface area contributed by atoms with Crippen LogP contribution in [0.4, 0.5) is 13.2 Å². The number of ether oxygens (including phenoxy) is 1. The van der Waals surface area contributed by atoms with E-state index in [4.69, 9.17) is 15.0 Å². The minimum absolute atomic E-state index is 0.00424. The van der Waals surface area contributed by atoms with Gasteiger partial charge in [-0.2, -0.15) is 18.2 Å². The summed E-state index contributed by atoms with van der Waals surface area (Å²) in [5.41, 5.74) is 4.03. The Morgan fingerprint density at radius 1 is 1.40 bits per heavy atom. The Morgan fingerprint density at radius 2 is 2.10 bits per heavy atom. The average molecular weight is 289 g/mol. The number of phenols is 1. The molecule has 1 aromatic carbocycles. The molecule has 6 nitrogen and oxygen atoms in total. The maximum atomic E-state index is 12.8. The topological polar surface area (TPSA) is 94.4 Å². The predicted molar refractivity (Wildman–Crippen MR) is 60.8 cm³/mol. The molecule has 3 N–H and O–H groups in total. The molecule has 0 saturated carbocycles. The average Bonchev–Trinajstić information content (AvgIpc) is 2.86. The number of rotatable bonds is 3. The van der Waals surface area contributed by atoms with E-state index in [1.54, 1.807) is 0 Å². The van der Waals surface area contributed by atoms with Crippen LogP contribution < -0.4 is 10.5 Å². The van der Waals surface area contributed by atoms with Crippen molar-refractivity contribution in [1.82, 2.24) is 10.1 Å². The molecule has 0 aliphatic rings. The number of phenolic OH excluding ortho intramolecular Hbond substituents is 1. The normalized spacial score (nSPS) is 11.7. The second-order valence-electron chi connectivity index (χ2n) is 3.79. The Bertz CT molecular complexity index is 625. The smallest absolute Gasteiger partial charge is 0.420 e. The zero-order chi connectivity index (χ0) is 14.9. The molecule has 0 saturated heterocycles. The van der Waals surface area contributed by atoms with Crippen molar-refractivity contribution in [3.05, 3.63) is 23.6 Å². The summed E-state index contributed by atoms with van der Waals surface area (Å²) in [7, 11) is 1.14. The molecule has 0 aliphatic carbocycles. The first kappa shape index (κ1) is 14.1. The highest BCUT2D eigenvalue weighted by atomic mass is 19.4. The van der Waals surface area contributed by atoms with Crippen molar-refractivity contribution in [2.75, 3.05) is 7.11 Å². The lowest BCUT2D eigenvalue weighted by atomic mass is 10.1. The quantitative estimate of drug-likeness (QED) is 0.896. The van der Waals surface area contributed by atoms with Crippen LogP contribution in [0.1, 0.15) is 11.5 Å². The van der Waals surface area contributed by atoms with Gasteiger partial charge in [-0.3, -0.25) is 0 Å². The number of benzene rings is 1. The third-order valence-electron chi connectivity index (χ3n) is 2.50. The predicted octanol–water partition coefficient (Wildman–Crippen LogP) is 1.93. The zero-order valence-electron chi connectivity index (χ0n) is 10.2. The summed E-state index contributed by atoms with van der Waals surface area (Å²) in [6, 6.07) is 1.89. The molecule has 2 aromatic rings. The summed E-state index contributed by atoms with van der Waals surface area (Å²) in [5, 5.41) is 13.0. The molecule has 20 heavy (non-hydrogen) atoms. The van der Waals surface area contributed by atoms with Gasteiger partial charge in [0.15, 0.2) is 11.5 Å². The molecule has 0 spiro atoms. The second-order valence-corrected chi connectivity index (χ2v) is 3.79. The monoisotopic (exact) mass is 289 g/mol. The number of hydrogen-bond donors (Lipinski definition) is 2. The maximum Gasteiger partial charge on any atom is 0.420 e. The van der Waals surface area contributed by atoms with Crippen LogP contribution in [-0.4, -0.2) is 22.4 Å². The summed E-state index contributed by atoms with van der Waals surface area (Å²) in [5.74, 6) is -1.32. The van der Waals surface area contributed by atoms with E-state index in [0.29, 0.717) is 6.07 Å². The third kappa shape index (κ3) is 2.52. The van der Waals surface area contributed by atoms with Gasteiger partial charge in [0, 0.05) is 5.56 Å². The largest absolute Gasteiger partial charge is 0.504 e. The van der Waals surface area contributed by atoms with Crippen LogP contribution in [0.25, 0.3) is 11.4 Å². The number of aromatic hydroxyl groups is 1. The molecule has 0 aliphatic heterocycles. The molecular weight excluding hydrogens is 279 g/mol. The summed E-state index contributed by atoms with van der Waals surface area (Å²) in [6.07, 6.45) is -4.74. The second kappa shape index (κ2) is 5.00. The van der Waals surface area contributed by atoms with E-state index in [0.717, 1.165) is 7.11 Å². The first-order valence-corrected chi connectivity index (χ1v) is 5.38. The van der Waals surface area contributed by atoms with Gasteiger partial charge in [0.25, 0.3) is 0 Å². The number of aromatic nitrogens is 2. The molecule has 1 aromatic heterocycles. The third-order valence-corrected chi connectivity index (χ3v) is 2.50. The fourth-order valence-corrected chi connectivity index (χ4v) is 1.56. The Labute approximate surface area is 111 Å². The van der Waals surface area contributed by atoms with Crippen molar-refractivity contribution in [3.63, 3.8) is 0 Å². The van der Waals surface area contributed by atoms with E-state index < -0.39 is 17.5 Å². The Morgan fingerprint density at radius 3 is 2.60 bits per heavy atom. The van der Waals surface area contributed by atoms with E-state index in [-0.39, 0.29) is 29.6 Å². The summed E-state index contributed by atoms with van der Waals surface area (Å²) in [4.78, 5) is 3.82. The molecular formula is C11H10F3N3O3. The van der Waals surface area contributed by atoms with Crippen molar-refractivity contribution in [2.24, 2.45) is 5.73 Å². The molecule has 9 heteroatoms. The fourth-order valence-electron chi connectivity index (χ4n) is 1.56. The number of halogens is 3.